The van der Waals surface area contributed by atoms with Gasteiger partial charge in [-0.1, -0.05) is 19.9 Å². The van der Waals surface area contributed by atoms with E-state index < -0.39 is 6.10 Å². The zero-order valence-electron chi connectivity index (χ0n) is 13.1. The summed E-state index contributed by atoms with van der Waals surface area (Å²) < 4.78 is 11.3. The van der Waals surface area contributed by atoms with Gasteiger partial charge in [0, 0.05) is 24.2 Å². The minimum Gasteiger partial charge on any atom is -0.458 e. The predicted octanol–water partition coefficient (Wildman–Crippen LogP) is 4.32. The molecule has 1 aliphatic rings. The summed E-state index contributed by atoms with van der Waals surface area (Å²) in [6.45, 7) is 7.75. The first-order valence-electron chi connectivity index (χ1n) is 7.86. The maximum Gasteiger partial charge on any atom is 0.136 e. The molecule has 21 heavy (non-hydrogen) atoms. The van der Waals surface area contributed by atoms with Crippen molar-refractivity contribution in [1.29, 1.82) is 0 Å². The van der Waals surface area contributed by atoms with Crippen molar-refractivity contribution < 1.29 is 14.3 Å². The first-order chi connectivity index (χ1) is 10.1. The van der Waals surface area contributed by atoms with Crippen molar-refractivity contribution in [3.63, 3.8) is 0 Å². The molecule has 0 saturated carbocycles. The van der Waals surface area contributed by atoms with Crippen molar-refractivity contribution in [1.82, 2.24) is 0 Å². The van der Waals surface area contributed by atoms with E-state index in [0.717, 1.165) is 42.6 Å². The van der Waals surface area contributed by atoms with Gasteiger partial charge in [0.15, 0.2) is 0 Å². The Morgan fingerprint density at radius 2 is 1.90 bits per heavy atom. The van der Waals surface area contributed by atoms with Crippen molar-refractivity contribution in [2.45, 2.75) is 45.6 Å². The van der Waals surface area contributed by atoms with E-state index in [2.05, 4.69) is 12.1 Å². The van der Waals surface area contributed by atoms with E-state index in [-0.39, 0.29) is 5.92 Å². The zero-order chi connectivity index (χ0) is 15.0. The molecule has 1 atom stereocenters. The molecular weight excluding hydrogens is 264 g/mol. The van der Waals surface area contributed by atoms with E-state index >= 15 is 0 Å². The molecule has 3 rings (SSSR count). The average molecular weight is 288 g/mol. The molecule has 0 aliphatic carbocycles. The van der Waals surface area contributed by atoms with Gasteiger partial charge in [-0.3, -0.25) is 0 Å². The molecule has 1 unspecified atom stereocenters. The monoisotopic (exact) mass is 288 g/mol. The second-order valence-electron chi connectivity index (χ2n) is 6.42. The van der Waals surface area contributed by atoms with E-state index in [4.69, 9.17) is 9.15 Å². The van der Waals surface area contributed by atoms with Gasteiger partial charge in [0.1, 0.15) is 17.4 Å². The van der Waals surface area contributed by atoms with Crippen LogP contribution in [0.5, 0.6) is 0 Å². The van der Waals surface area contributed by atoms with E-state index in [1.807, 2.05) is 26.8 Å². The van der Waals surface area contributed by atoms with Crippen molar-refractivity contribution in [3.05, 3.63) is 35.1 Å². The van der Waals surface area contributed by atoms with Gasteiger partial charge in [0.2, 0.25) is 0 Å². The first kappa shape index (κ1) is 14.6. The van der Waals surface area contributed by atoms with E-state index in [1.165, 1.54) is 5.56 Å². The average Bonchev–Trinajstić information content (AvgIpc) is 2.84. The second kappa shape index (κ2) is 5.82. The summed E-state index contributed by atoms with van der Waals surface area (Å²) in [5.41, 5.74) is 3.30. The third-order valence-corrected chi connectivity index (χ3v) is 4.59. The van der Waals surface area contributed by atoms with Crippen LogP contribution in [0.4, 0.5) is 0 Å². The van der Waals surface area contributed by atoms with Crippen molar-refractivity contribution in [2.75, 3.05) is 13.2 Å². The fraction of sp³-hybridized carbons (Fsp3) is 0.556. The highest BCUT2D eigenvalue weighted by Gasteiger charge is 2.22. The maximum absolute atomic E-state index is 10.3. The molecule has 3 nitrogen and oxygen atoms in total. The molecule has 1 fully saturated rings. The Morgan fingerprint density at radius 1 is 1.19 bits per heavy atom. The lowest BCUT2D eigenvalue weighted by molar-refractivity contribution is 0.0853. The molecule has 1 aliphatic heterocycles. The minimum absolute atomic E-state index is 0.152. The third-order valence-electron chi connectivity index (χ3n) is 4.59. The SMILES string of the molecule is Cc1c(C(O)C(C)C)oc2ccc(C3CCOCC3)cc12. The minimum atomic E-state index is -0.538. The van der Waals surface area contributed by atoms with E-state index in [1.54, 1.807) is 0 Å². The molecule has 1 saturated heterocycles. The lowest BCUT2D eigenvalue weighted by Gasteiger charge is -2.22. The summed E-state index contributed by atoms with van der Waals surface area (Å²) in [4.78, 5) is 0. The standard InChI is InChI=1S/C18H24O3/c1-11(2)17(19)18-12(3)15-10-14(4-5-16(15)21-18)13-6-8-20-9-7-13/h4-5,10-11,13,17,19H,6-9H2,1-3H3. The fourth-order valence-corrected chi connectivity index (χ4v) is 3.13. The first-order valence-corrected chi connectivity index (χ1v) is 7.86. The van der Waals surface area contributed by atoms with Crippen LogP contribution in [0.15, 0.2) is 22.6 Å². The molecule has 2 aromatic rings. The number of fused-ring (bicyclic) bond motifs is 1. The van der Waals surface area contributed by atoms with Crippen LogP contribution in [0.3, 0.4) is 0 Å². The number of rotatable bonds is 3. The Bertz CT molecular complexity index is 621. The molecule has 0 amide bonds. The highest BCUT2D eigenvalue weighted by molar-refractivity contribution is 5.83. The smallest absolute Gasteiger partial charge is 0.136 e. The molecular formula is C18H24O3. The molecule has 0 spiro atoms. The van der Waals surface area contributed by atoms with Crippen LogP contribution in [0.2, 0.25) is 0 Å². The number of ether oxygens (including phenoxy) is 1. The molecule has 1 N–H and O–H groups in total. The Hall–Kier alpha value is -1.32. The number of hydrogen-bond donors (Lipinski definition) is 1. The van der Waals surface area contributed by atoms with Crippen LogP contribution in [-0.4, -0.2) is 18.3 Å². The Kier molecular flexibility index (Phi) is 4.05. The summed E-state index contributed by atoms with van der Waals surface area (Å²) in [5, 5.41) is 11.4. The molecule has 2 heterocycles. The summed E-state index contributed by atoms with van der Waals surface area (Å²) in [7, 11) is 0. The normalized spacial score (nSPS) is 18.5. The molecule has 0 radical (unpaired) electrons. The molecule has 3 heteroatoms. The molecule has 1 aromatic heterocycles. The van der Waals surface area contributed by atoms with Crippen LogP contribution >= 0.6 is 0 Å². The van der Waals surface area contributed by atoms with Gasteiger partial charge < -0.3 is 14.3 Å². The zero-order valence-corrected chi connectivity index (χ0v) is 13.1. The summed E-state index contributed by atoms with van der Waals surface area (Å²) in [5.74, 6) is 1.44. The lowest BCUT2D eigenvalue weighted by atomic mass is 9.90. The van der Waals surface area contributed by atoms with Crippen molar-refractivity contribution in [2.24, 2.45) is 5.92 Å². The Balaban J connectivity index is 1.99. The van der Waals surface area contributed by atoms with Crippen LogP contribution in [0.1, 0.15) is 55.6 Å². The Labute approximate surface area is 125 Å². The highest BCUT2D eigenvalue weighted by Crippen LogP contribution is 2.35. The molecule has 0 bridgehead atoms. The number of aryl methyl sites for hydroxylation is 1. The largest absolute Gasteiger partial charge is 0.458 e. The molecule has 1 aromatic carbocycles. The van der Waals surface area contributed by atoms with E-state index in [0.29, 0.717) is 11.7 Å². The maximum atomic E-state index is 10.3. The van der Waals surface area contributed by atoms with Crippen molar-refractivity contribution in [3.8, 4) is 0 Å². The third kappa shape index (κ3) is 2.72. The highest BCUT2D eigenvalue weighted by atomic mass is 16.5. The fourth-order valence-electron chi connectivity index (χ4n) is 3.13. The van der Waals surface area contributed by atoms with Gasteiger partial charge in [-0.2, -0.15) is 0 Å². The van der Waals surface area contributed by atoms with Gasteiger partial charge in [0.25, 0.3) is 0 Å². The number of hydrogen-bond acceptors (Lipinski definition) is 3. The molecule has 114 valence electrons. The number of furan rings is 1. The number of benzene rings is 1. The van der Waals surface area contributed by atoms with Crippen LogP contribution < -0.4 is 0 Å². The second-order valence-corrected chi connectivity index (χ2v) is 6.42. The topological polar surface area (TPSA) is 42.6 Å². The van der Waals surface area contributed by atoms with Gasteiger partial charge in [-0.25, -0.2) is 0 Å². The van der Waals surface area contributed by atoms with Gasteiger partial charge >= 0.3 is 0 Å². The van der Waals surface area contributed by atoms with Crippen LogP contribution in [0, 0.1) is 12.8 Å². The lowest BCUT2D eigenvalue weighted by Crippen LogP contribution is -2.13. The van der Waals surface area contributed by atoms with E-state index in [9.17, 15) is 5.11 Å². The van der Waals surface area contributed by atoms with Gasteiger partial charge in [0.05, 0.1) is 0 Å². The van der Waals surface area contributed by atoms with Crippen LogP contribution in [0.25, 0.3) is 11.0 Å². The number of aliphatic hydroxyl groups is 1. The summed E-state index contributed by atoms with van der Waals surface area (Å²) in [6.07, 6.45) is 1.64. The summed E-state index contributed by atoms with van der Waals surface area (Å²) in [6, 6.07) is 6.44. The Morgan fingerprint density at radius 3 is 2.57 bits per heavy atom. The van der Waals surface area contributed by atoms with Gasteiger partial charge in [-0.15, -0.1) is 0 Å². The predicted molar refractivity (Wildman–Crippen MR) is 83.5 cm³/mol. The number of aliphatic hydroxyl groups excluding tert-OH is 1. The van der Waals surface area contributed by atoms with Crippen LogP contribution in [-0.2, 0) is 4.74 Å². The summed E-state index contributed by atoms with van der Waals surface area (Å²) >= 11 is 0. The van der Waals surface area contributed by atoms with Gasteiger partial charge in [-0.05, 0) is 49.3 Å². The quantitative estimate of drug-likeness (QED) is 0.914. The van der Waals surface area contributed by atoms with Crippen molar-refractivity contribution >= 4 is 11.0 Å².